The van der Waals surface area contributed by atoms with Gasteiger partial charge in [-0.25, -0.2) is 4.39 Å². The first-order valence-electron chi connectivity index (χ1n) is 9.31. The molecule has 0 aliphatic carbocycles. The maximum atomic E-state index is 13.1. The van der Waals surface area contributed by atoms with E-state index in [0.717, 1.165) is 32.3 Å². The molecule has 1 amide bonds. The second kappa shape index (κ2) is 9.65. The van der Waals surface area contributed by atoms with Crippen molar-refractivity contribution in [2.45, 2.75) is 17.1 Å². The minimum atomic E-state index is -0.236. The summed E-state index contributed by atoms with van der Waals surface area (Å²) < 4.78 is 13.1. The zero-order valence-corrected chi connectivity index (χ0v) is 17.5. The molecule has 4 aromatic rings. The maximum absolute atomic E-state index is 13.1. The lowest BCUT2D eigenvalue weighted by Gasteiger charge is -2.06. The van der Waals surface area contributed by atoms with Crippen molar-refractivity contribution in [1.29, 1.82) is 0 Å². The summed E-state index contributed by atoms with van der Waals surface area (Å²) >= 11 is 3.00. The van der Waals surface area contributed by atoms with E-state index < -0.39 is 0 Å². The van der Waals surface area contributed by atoms with Crippen LogP contribution >= 0.6 is 23.1 Å². The number of carbonyl (C=O) groups is 1. The van der Waals surface area contributed by atoms with E-state index in [4.69, 9.17) is 0 Å². The van der Waals surface area contributed by atoms with Gasteiger partial charge in [0.15, 0.2) is 5.01 Å². The molecule has 0 radical (unpaired) electrons. The fourth-order valence-corrected chi connectivity index (χ4v) is 4.71. The number of benzene rings is 3. The third-order valence-electron chi connectivity index (χ3n) is 4.30. The number of amides is 1. The predicted octanol–water partition coefficient (Wildman–Crippen LogP) is 5.82. The number of rotatable bonds is 7. The largest absolute Gasteiger partial charge is 0.300 e. The van der Waals surface area contributed by atoms with Crippen LogP contribution in [-0.4, -0.2) is 16.1 Å². The van der Waals surface area contributed by atoms with Crippen molar-refractivity contribution in [2.75, 3.05) is 5.32 Å². The number of hydrogen-bond acceptors (Lipinski definition) is 5. The van der Waals surface area contributed by atoms with Crippen LogP contribution in [0, 0.1) is 5.82 Å². The van der Waals surface area contributed by atoms with Crippen LogP contribution in [-0.2, 0) is 17.0 Å². The molecular weight excluding hydrogens is 417 g/mol. The molecule has 0 spiro atoms. The Bertz CT molecular complexity index is 1130. The molecule has 0 aliphatic rings. The number of nitrogens with zero attached hydrogens (tertiary/aromatic N) is 2. The Balaban J connectivity index is 1.44. The number of aromatic nitrogens is 2. The molecular formula is C23H18FN3OS2. The number of halogens is 1. The molecule has 30 heavy (non-hydrogen) atoms. The van der Waals surface area contributed by atoms with E-state index in [0.29, 0.717) is 11.6 Å². The van der Waals surface area contributed by atoms with E-state index in [9.17, 15) is 9.18 Å². The third kappa shape index (κ3) is 5.31. The van der Waals surface area contributed by atoms with Crippen molar-refractivity contribution < 1.29 is 9.18 Å². The van der Waals surface area contributed by atoms with Gasteiger partial charge in [-0.05, 0) is 29.3 Å². The maximum Gasteiger partial charge on any atom is 0.230 e. The molecule has 1 heterocycles. The van der Waals surface area contributed by atoms with Crippen molar-refractivity contribution in [3.8, 4) is 10.6 Å². The smallest absolute Gasteiger partial charge is 0.230 e. The number of thioether (sulfide) groups is 1. The van der Waals surface area contributed by atoms with Crippen LogP contribution in [0.25, 0.3) is 10.6 Å². The van der Waals surface area contributed by atoms with Crippen molar-refractivity contribution in [3.63, 3.8) is 0 Å². The molecule has 7 heteroatoms. The Hall–Kier alpha value is -3.03. The number of hydrogen-bond donors (Lipinski definition) is 1. The molecule has 0 fully saturated rings. The first kappa shape index (κ1) is 20.3. The third-order valence-corrected chi connectivity index (χ3v) is 6.32. The van der Waals surface area contributed by atoms with Gasteiger partial charge in [0.2, 0.25) is 11.0 Å². The fraction of sp³-hybridized carbons (Fsp3) is 0.0870. The monoisotopic (exact) mass is 435 g/mol. The normalized spacial score (nSPS) is 10.7. The highest BCUT2D eigenvalue weighted by molar-refractivity contribution is 7.98. The van der Waals surface area contributed by atoms with Crippen LogP contribution < -0.4 is 5.32 Å². The highest BCUT2D eigenvalue weighted by atomic mass is 32.2. The fourth-order valence-electron chi connectivity index (χ4n) is 2.84. The van der Waals surface area contributed by atoms with Crippen LogP contribution in [0.1, 0.15) is 11.1 Å². The standard InChI is InChI=1S/C23H18FN3OS2/c24-18-12-10-17(11-13-18)15-29-20-9-5-4-8-19(20)22-26-27-23(30-22)25-21(28)14-16-6-2-1-3-7-16/h1-13H,14-15H2,(H,25,27,28). The molecule has 1 aromatic heterocycles. The van der Waals surface area contributed by atoms with Crippen LogP contribution in [0.4, 0.5) is 9.52 Å². The first-order chi connectivity index (χ1) is 14.7. The topological polar surface area (TPSA) is 54.9 Å². The lowest BCUT2D eigenvalue weighted by Crippen LogP contribution is -2.14. The second-order valence-corrected chi connectivity index (χ2v) is 8.53. The SMILES string of the molecule is O=C(Cc1ccccc1)Nc1nnc(-c2ccccc2SCc2ccc(F)cc2)s1. The Morgan fingerprint density at radius 2 is 1.63 bits per heavy atom. The van der Waals surface area contributed by atoms with Gasteiger partial charge in [0.1, 0.15) is 5.82 Å². The van der Waals surface area contributed by atoms with E-state index in [2.05, 4.69) is 15.5 Å². The minimum Gasteiger partial charge on any atom is -0.300 e. The molecule has 0 aliphatic heterocycles. The van der Waals surface area contributed by atoms with Crippen LogP contribution in [0.5, 0.6) is 0 Å². The van der Waals surface area contributed by atoms with Gasteiger partial charge in [-0.3, -0.25) is 4.79 Å². The van der Waals surface area contributed by atoms with Crippen LogP contribution in [0.2, 0.25) is 0 Å². The summed E-state index contributed by atoms with van der Waals surface area (Å²) in [5, 5.41) is 12.4. The molecule has 3 aromatic carbocycles. The van der Waals surface area contributed by atoms with E-state index in [1.54, 1.807) is 23.9 Å². The summed E-state index contributed by atoms with van der Waals surface area (Å²) in [6.07, 6.45) is 0.292. The van der Waals surface area contributed by atoms with Gasteiger partial charge in [0.25, 0.3) is 0 Å². The van der Waals surface area contributed by atoms with Crippen LogP contribution in [0.3, 0.4) is 0 Å². The zero-order valence-electron chi connectivity index (χ0n) is 15.9. The molecule has 0 saturated carbocycles. The van der Waals surface area contributed by atoms with Gasteiger partial charge < -0.3 is 5.32 Å². The van der Waals surface area contributed by atoms with Gasteiger partial charge in [0.05, 0.1) is 6.42 Å². The number of nitrogens with one attached hydrogen (secondary N) is 1. The molecule has 0 saturated heterocycles. The van der Waals surface area contributed by atoms with Crippen molar-refractivity contribution in [3.05, 3.63) is 95.8 Å². The molecule has 0 atom stereocenters. The Morgan fingerprint density at radius 1 is 0.900 bits per heavy atom. The summed E-state index contributed by atoms with van der Waals surface area (Å²) in [6, 6.07) is 24.0. The summed E-state index contributed by atoms with van der Waals surface area (Å²) in [5.41, 5.74) is 2.95. The van der Waals surface area contributed by atoms with Crippen molar-refractivity contribution >= 4 is 34.1 Å². The molecule has 4 rings (SSSR count). The summed E-state index contributed by atoms with van der Waals surface area (Å²) in [7, 11) is 0. The van der Waals surface area contributed by atoms with Crippen molar-refractivity contribution in [1.82, 2.24) is 10.2 Å². The summed E-state index contributed by atoms with van der Waals surface area (Å²) in [4.78, 5) is 13.3. The average molecular weight is 436 g/mol. The van der Waals surface area contributed by atoms with Gasteiger partial charge >= 0.3 is 0 Å². The Labute approximate surface area is 182 Å². The van der Waals surface area contributed by atoms with Gasteiger partial charge in [0, 0.05) is 16.2 Å². The van der Waals surface area contributed by atoms with Gasteiger partial charge in [-0.15, -0.1) is 22.0 Å². The summed E-state index contributed by atoms with van der Waals surface area (Å²) in [5.74, 6) is 0.360. The van der Waals surface area contributed by atoms with E-state index >= 15 is 0 Å². The van der Waals surface area contributed by atoms with Crippen molar-refractivity contribution in [2.24, 2.45) is 0 Å². The number of anilines is 1. The molecule has 0 bridgehead atoms. The zero-order chi connectivity index (χ0) is 20.8. The highest BCUT2D eigenvalue weighted by Gasteiger charge is 2.13. The quantitative estimate of drug-likeness (QED) is 0.372. The lowest BCUT2D eigenvalue weighted by molar-refractivity contribution is -0.115. The second-order valence-electron chi connectivity index (χ2n) is 6.53. The molecule has 0 unspecified atom stereocenters. The van der Waals surface area contributed by atoms with E-state index in [-0.39, 0.29) is 11.7 Å². The molecule has 4 nitrogen and oxygen atoms in total. The van der Waals surface area contributed by atoms with E-state index in [1.165, 1.54) is 23.5 Å². The summed E-state index contributed by atoms with van der Waals surface area (Å²) in [6.45, 7) is 0. The number of carbonyl (C=O) groups excluding carboxylic acids is 1. The Kier molecular flexibility index (Phi) is 6.51. The molecule has 1 N–H and O–H groups in total. The average Bonchev–Trinajstić information content (AvgIpc) is 3.22. The highest BCUT2D eigenvalue weighted by Crippen LogP contribution is 2.35. The van der Waals surface area contributed by atoms with Crippen LogP contribution in [0.15, 0.2) is 83.8 Å². The lowest BCUT2D eigenvalue weighted by atomic mass is 10.1. The molecule has 150 valence electrons. The van der Waals surface area contributed by atoms with Gasteiger partial charge in [-0.1, -0.05) is 72.0 Å². The minimum absolute atomic E-state index is 0.122. The predicted molar refractivity (Wildman–Crippen MR) is 120 cm³/mol. The van der Waals surface area contributed by atoms with E-state index in [1.807, 2.05) is 54.6 Å². The van der Waals surface area contributed by atoms with Gasteiger partial charge in [-0.2, -0.15) is 0 Å². The Morgan fingerprint density at radius 3 is 2.43 bits per heavy atom. The first-order valence-corrected chi connectivity index (χ1v) is 11.1.